The molecule has 0 aliphatic carbocycles. The van der Waals surface area contributed by atoms with Crippen molar-refractivity contribution in [3.8, 4) is 17.2 Å². The van der Waals surface area contributed by atoms with Crippen LogP contribution in [0, 0.1) is 0 Å². The number of fused-ring (bicyclic) bond motifs is 1. The quantitative estimate of drug-likeness (QED) is 0.712. The van der Waals surface area contributed by atoms with Crippen molar-refractivity contribution in [3.05, 3.63) is 42.5 Å². The van der Waals surface area contributed by atoms with Gasteiger partial charge in [0.05, 0.1) is 22.2 Å². The Kier molecular flexibility index (Phi) is 4.72. The van der Waals surface area contributed by atoms with Crippen molar-refractivity contribution in [2.45, 2.75) is 15.0 Å². The Bertz CT molecular complexity index is 1090. The summed E-state index contributed by atoms with van der Waals surface area (Å²) in [4.78, 5) is 0.201. The van der Waals surface area contributed by atoms with E-state index in [1.165, 1.54) is 31.4 Å². The van der Waals surface area contributed by atoms with E-state index < -0.39 is 25.1 Å². The first-order valence-electron chi connectivity index (χ1n) is 8.60. The average molecular weight is 425 g/mol. The highest BCUT2D eigenvalue weighted by atomic mass is 32.2. The molecule has 10 heteroatoms. The number of ether oxygens (including phenoxy) is 3. The van der Waals surface area contributed by atoms with Crippen LogP contribution in [0.5, 0.6) is 17.2 Å². The van der Waals surface area contributed by atoms with Gasteiger partial charge >= 0.3 is 0 Å². The van der Waals surface area contributed by atoms with Crippen LogP contribution in [-0.2, 0) is 19.9 Å². The summed E-state index contributed by atoms with van der Waals surface area (Å²) in [6.07, 6.45) is 0. The minimum atomic E-state index is -3.81. The number of hydrogen-bond donors (Lipinski definition) is 0. The van der Waals surface area contributed by atoms with Gasteiger partial charge in [0.1, 0.15) is 19.0 Å². The second kappa shape index (κ2) is 6.94. The SMILES string of the molecule is COc1ccc(S(=O)(=O)C2CN(S(=O)(=O)c3ccc4c(c3)OCCO4)C2)cc1. The van der Waals surface area contributed by atoms with E-state index in [2.05, 4.69) is 0 Å². The molecule has 4 rings (SSSR count). The summed E-state index contributed by atoms with van der Waals surface area (Å²) in [5.41, 5.74) is 0. The van der Waals surface area contributed by atoms with Crippen molar-refractivity contribution in [2.24, 2.45) is 0 Å². The molecule has 150 valence electrons. The van der Waals surface area contributed by atoms with Crippen molar-refractivity contribution in [2.75, 3.05) is 33.4 Å². The van der Waals surface area contributed by atoms with E-state index in [4.69, 9.17) is 14.2 Å². The standard InChI is InChI=1S/C18H19NO7S2/c1-24-13-2-4-14(5-3-13)27(20,21)16-11-19(12-16)28(22,23)15-6-7-17-18(10-15)26-9-8-25-17/h2-7,10,16H,8-9,11-12H2,1H3. The predicted octanol–water partition coefficient (Wildman–Crippen LogP) is 1.31. The van der Waals surface area contributed by atoms with Crippen LogP contribution < -0.4 is 14.2 Å². The molecule has 0 radical (unpaired) electrons. The zero-order valence-electron chi connectivity index (χ0n) is 15.1. The molecule has 0 atom stereocenters. The Hall–Kier alpha value is -2.30. The summed E-state index contributed by atoms with van der Waals surface area (Å²) in [5, 5.41) is -0.784. The Morgan fingerprint density at radius 2 is 1.50 bits per heavy atom. The fraction of sp³-hybridized carbons (Fsp3) is 0.333. The van der Waals surface area contributed by atoms with Crippen molar-refractivity contribution in [1.29, 1.82) is 0 Å². The zero-order valence-corrected chi connectivity index (χ0v) is 16.7. The number of rotatable bonds is 5. The normalized spacial score (nSPS) is 17.8. The molecule has 28 heavy (non-hydrogen) atoms. The fourth-order valence-corrected chi connectivity index (χ4v) is 6.47. The highest BCUT2D eigenvalue weighted by Gasteiger charge is 2.44. The Morgan fingerprint density at radius 3 is 2.14 bits per heavy atom. The van der Waals surface area contributed by atoms with Gasteiger partial charge in [0, 0.05) is 19.2 Å². The first kappa shape index (κ1) is 19.0. The molecule has 0 amide bonds. The average Bonchev–Trinajstić information content (AvgIpc) is 2.66. The van der Waals surface area contributed by atoms with Gasteiger partial charge in [-0.15, -0.1) is 0 Å². The maximum absolute atomic E-state index is 12.8. The van der Waals surface area contributed by atoms with E-state index in [1.807, 2.05) is 0 Å². The summed E-state index contributed by atoms with van der Waals surface area (Å²) >= 11 is 0. The molecule has 1 saturated heterocycles. The third kappa shape index (κ3) is 3.21. The molecule has 2 aliphatic rings. The zero-order chi connectivity index (χ0) is 19.9. The number of hydrogen-bond acceptors (Lipinski definition) is 7. The highest BCUT2D eigenvalue weighted by Crippen LogP contribution is 2.35. The van der Waals surface area contributed by atoms with Gasteiger partial charge in [-0.1, -0.05) is 0 Å². The number of benzene rings is 2. The molecule has 0 unspecified atom stereocenters. The molecule has 2 aromatic carbocycles. The lowest BCUT2D eigenvalue weighted by atomic mass is 10.3. The maximum atomic E-state index is 12.8. The molecule has 0 bridgehead atoms. The number of methoxy groups -OCH3 is 1. The maximum Gasteiger partial charge on any atom is 0.243 e. The third-order valence-electron chi connectivity index (χ3n) is 4.79. The van der Waals surface area contributed by atoms with E-state index in [0.717, 1.165) is 4.31 Å². The van der Waals surface area contributed by atoms with Crippen LogP contribution in [0.2, 0.25) is 0 Å². The largest absolute Gasteiger partial charge is 0.497 e. The molecule has 1 fully saturated rings. The van der Waals surface area contributed by atoms with Crippen LogP contribution in [0.15, 0.2) is 52.3 Å². The van der Waals surface area contributed by atoms with Gasteiger partial charge in [-0.05, 0) is 36.4 Å². The van der Waals surface area contributed by atoms with Crippen LogP contribution in [-0.4, -0.2) is 59.8 Å². The second-order valence-corrected chi connectivity index (χ2v) is 10.6. The lowest BCUT2D eigenvalue weighted by Gasteiger charge is -2.37. The Balaban J connectivity index is 1.50. The van der Waals surface area contributed by atoms with Crippen molar-refractivity contribution in [3.63, 3.8) is 0 Å². The Labute approximate surface area is 163 Å². The van der Waals surface area contributed by atoms with Crippen LogP contribution >= 0.6 is 0 Å². The minimum Gasteiger partial charge on any atom is -0.497 e. The van der Waals surface area contributed by atoms with Gasteiger partial charge in [-0.3, -0.25) is 0 Å². The van der Waals surface area contributed by atoms with E-state index in [1.54, 1.807) is 18.2 Å². The van der Waals surface area contributed by atoms with Crippen LogP contribution in [0.1, 0.15) is 0 Å². The van der Waals surface area contributed by atoms with Gasteiger partial charge in [0.2, 0.25) is 10.0 Å². The smallest absolute Gasteiger partial charge is 0.243 e. The van der Waals surface area contributed by atoms with Crippen LogP contribution in [0.25, 0.3) is 0 Å². The first-order chi connectivity index (χ1) is 13.3. The monoisotopic (exact) mass is 425 g/mol. The van der Waals surface area contributed by atoms with E-state index >= 15 is 0 Å². The number of sulfone groups is 1. The third-order valence-corrected chi connectivity index (χ3v) is 8.73. The topological polar surface area (TPSA) is 99.2 Å². The van der Waals surface area contributed by atoms with Crippen molar-refractivity contribution in [1.82, 2.24) is 4.31 Å². The van der Waals surface area contributed by atoms with E-state index in [-0.39, 0.29) is 22.9 Å². The molecular formula is C18H19NO7S2. The van der Waals surface area contributed by atoms with Crippen LogP contribution in [0.4, 0.5) is 0 Å². The van der Waals surface area contributed by atoms with Gasteiger partial charge in [0.15, 0.2) is 21.3 Å². The number of sulfonamides is 1. The van der Waals surface area contributed by atoms with Crippen molar-refractivity contribution < 1.29 is 31.0 Å². The summed E-state index contributed by atoms with van der Waals surface area (Å²) in [6.45, 7) is 0.578. The Morgan fingerprint density at radius 1 is 0.893 bits per heavy atom. The predicted molar refractivity (Wildman–Crippen MR) is 100 cm³/mol. The van der Waals surface area contributed by atoms with E-state index in [9.17, 15) is 16.8 Å². The summed E-state index contributed by atoms with van der Waals surface area (Å²) in [7, 11) is -5.94. The highest BCUT2D eigenvalue weighted by molar-refractivity contribution is 7.92. The van der Waals surface area contributed by atoms with E-state index in [0.29, 0.717) is 30.5 Å². The molecule has 2 aliphatic heterocycles. The van der Waals surface area contributed by atoms with Crippen LogP contribution in [0.3, 0.4) is 0 Å². The second-order valence-electron chi connectivity index (χ2n) is 6.47. The fourth-order valence-electron chi connectivity index (χ4n) is 3.08. The molecule has 8 nitrogen and oxygen atoms in total. The molecule has 2 aromatic rings. The summed E-state index contributed by atoms with van der Waals surface area (Å²) < 4.78 is 68.1. The first-order valence-corrected chi connectivity index (χ1v) is 11.6. The van der Waals surface area contributed by atoms with Gasteiger partial charge in [-0.2, -0.15) is 4.31 Å². The van der Waals surface area contributed by atoms with Gasteiger partial charge < -0.3 is 14.2 Å². The van der Waals surface area contributed by atoms with Gasteiger partial charge in [-0.25, -0.2) is 16.8 Å². The van der Waals surface area contributed by atoms with Gasteiger partial charge in [0.25, 0.3) is 0 Å². The lowest BCUT2D eigenvalue weighted by Crippen LogP contribution is -2.56. The lowest BCUT2D eigenvalue weighted by molar-refractivity contribution is 0.171. The molecule has 0 aromatic heterocycles. The molecular weight excluding hydrogens is 406 g/mol. The molecule has 0 saturated carbocycles. The minimum absolute atomic E-state index is 0.0528. The molecule has 0 N–H and O–H groups in total. The summed E-state index contributed by atoms with van der Waals surface area (Å²) in [6, 6.07) is 10.5. The van der Waals surface area contributed by atoms with Crippen molar-refractivity contribution >= 4 is 19.9 Å². The summed E-state index contributed by atoms with van der Waals surface area (Å²) in [5.74, 6) is 1.42. The molecule has 0 spiro atoms. The molecule has 2 heterocycles. The number of nitrogens with zero attached hydrogens (tertiary/aromatic N) is 1.